The molecule has 0 bridgehead atoms. The van der Waals surface area contributed by atoms with Crippen LogP contribution in [0.4, 0.5) is 0 Å². The molecule has 1 aromatic heterocycles. The lowest BCUT2D eigenvalue weighted by atomic mass is 10.1. The van der Waals surface area contributed by atoms with Crippen molar-refractivity contribution in [3.05, 3.63) is 57.3 Å². The van der Waals surface area contributed by atoms with E-state index in [2.05, 4.69) is 16.8 Å². The van der Waals surface area contributed by atoms with Gasteiger partial charge in [0.25, 0.3) is 5.91 Å². The molecule has 18 heavy (non-hydrogen) atoms. The summed E-state index contributed by atoms with van der Waals surface area (Å²) >= 11 is 1.72. The fourth-order valence-corrected chi connectivity index (χ4v) is 2.63. The summed E-state index contributed by atoms with van der Waals surface area (Å²) in [5, 5.41) is 5.02. The zero-order chi connectivity index (χ0) is 13.0. The van der Waals surface area contributed by atoms with Crippen LogP contribution in [0.15, 0.2) is 35.7 Å². The molecule has 0 aliphatic carbocycles. The van der Waals surface area contributed by atoms with E-state index in [0.29, 0.717) is 6.54 Å². The van der Waals surface area contributed by atoms with Gasteiger partial charge in [0.05, 0.1) is 0 Å². The van der Waals surface area contributed by atoms with Gasteiger partial charge in [0.1, 0.15) is 0 Å². The van der Waals surface area contributed by atoms with Crippen LogP contribution in [0.3, 0.4) is 0 Å². The second-order valence-corrected chi connectivity index (χ2v) is 5.44. The van der Waals surface area contributed by atoms with Crippen molar-refractivity contribution in [2.45, 2.75) is 20.3 Å². The highest BCUT2D eigenvalue weighted by Gasteiger charge is 2.08. The number of hydrogen-bond acceptors (Lipinski definition) is 2. The summed E-state index contributed by atoms with van der Waals surface area (Å²) in [5.74, 6) is 0.0176. The Morgan fingerprint density at radius 2 is 2.11 bits per heavy atom. The fraction of sp³-hybridized carbons (Fsp3) is 0.267. The van der Waals surface area contributed by atoms with Crippen molar-refractivity contribution in [2.24, 2.45) is 0 Å². The lowest BCUT2D eigenvalue weighted by Crippen LogP contribution is -2.26. The minimum Gasteiger partial charge on any atom is -0.352 e. The molecule has 0 unspecified atom stereocenters. The first-order valence-electron chi connectivity index (χ1n) is 6.04. The Bertz CT molecular complexity index is 531. The Hall–Kier alpha value is -1.61. The van der Waals surface area contributed by atoms with Gasteiger partial charge < -0.3 is 5.32 Å². The summed E-state index contributed by atoms with van der Waals surface area (Å²) in [4.78, 5) is 13.3. The molecule has 2 aromatic rings. The molecule has 94 valence electrons. The lowest BCUT2D eigenvalue weighted by molar-refractivity contribution is 0.0953. The summed E-state index contributed by atoms with van der Waals surface area (Å²) in [6, 6.07) is 10.0. The van der Waals surface area contributed by atoms with E-state index in [1.54, 1.807) is 11.3 Å². The molecule has 0 spiro atoms. The second kappa shape index (κ2) is 5.83. The quantitative estimate of drug-likeness (QED) is 0.896. The molecule has 0 saturated heterocycles. The molecule has 0 saturated carbocycles. The van der Waals surface area contributed by atoms with Crippen molar-refractivity contribution in [3.8, 4) is 0 Å². The molecule has 1 aromatic carbocycles. The Balaban J connectivity index is 1.91. The molecule has 2 nitrogen and oxygen atoms in total. The van der Waals surface area contributed by atoms with Crippen LogP contribution in [0.1, 0.15) is 26.4 Å². The Morgan fingerprint density at radius 1 is 1.28 bits per heavy atom. The molecule has 0 radical (unpaired) electrons. The van der Waals surface area contributed by atoms with Crippen LogP contribution in [0.2, 0.25) is 0 Å². The standard InChI is InChI=1S/C15H17NOS/c1-11-5-6-14(12(2)10-11)15(17)16-8-7-13-4-3-9-18-13/h3-6,9-10H,7-8H2,1-2H3,(H,16,17). The third kappa shape index (κ3) is 3.20. The van der Waals surface area contributed by atoms with Crippen LogP contribution in [-0.2, 0) is 6.42 Å². The number of carbonyl (C=O) groups is 1. The van der Waals surface area contributed by atoms with Crippen LogP contribution in [-0.4, -0.2) is 12.5 Å². The highest BCUT2D eigenvalue weighted by atomic mass is 32.1. The zero-order valence-corrected chi connectivity index (χ0v) is 11.5. The molecule has 1 heterocycles. The Kier molecular flexibility index (Phi) is 4.15. The minimum absolute atomic E-state index is 0.0176. The number of thiophene rings is 1. The van der Waals surface area contributed by atoms with Gasteiger partial charge in [-0.1, -0.05) is 23.8 Å². The van der Waals surface area contributed by atoms with Gasteiger partial charge in [-0.15, -0.1) is 11.3 Å². The van der Waals surface area contributed by atoms with E-state index in [1.165, 1.54) is 10.4 Å². The number of rotatable bonds is 4. The molecule has 0 atom stereocenters. The van der Waals surface area contributed by atoms with Crippen molar-refractivity contribution in [3.63, 3.8) is 0 Å². The molecule has 0 aliphatic rings. The van der Waals surface area contributed by atoms with Gasteiger partial charge in [0, 0.05) is 17.0 Å². The first kappa shape index (κ1) is 12.8. The number of carbonyl (C=O) groups excluding carboxylic acids is 1. The first-order chi connectivity index (χ1) is 8.66. The minimum atomic E-state index is 0.0176. The number of amides is 1. The van der Waals surface area contributed by atoms with Gasteiger partial charge in [0.15, 0.2) is 0 Å². The van der Waals surface area contributed by atoms with Gasteiger partial charge in [-0.3, -0.25) is 4.79 Å². The van der Waals surface area contributed by atoms with Crippen molar-refractivity contribution >= 4 is 17.2 Å². The predicted octanol–water partition coefficient (Wildman–Crippen LogP) is 3.34. The average Bonchev–Trinajstić information content (AvgIpc) is 2.81. The second-order valence-electron chi connectivity index (χ2n) is 4.40. The van der Waals surface area contributed by atoms with Gasteiger partial charge in [-0.2, -0.15) is 0 Å². The van der Waals surface area contributed by atoms with Crippen LogP contribution < -0.4 is 5.32 Å². The van der Waals surface area contributed by atoms with Crippen molar-refractivity contribution < 1.29 is 4.79 Å². The highest BCUT2D eigenvalue weighted by Crippen LogP contribution is 2.11. The van der Waals surface area contributed by atoms with E-state index in [0.717, 1.165) is 17.5 Å². The maximum absolute atomic E-state index is 12.0. The molecule has 0 fully saturated rings. The van der Waals surface area contributed by atoms with Crippen LogP contribution >= 0.6 is 11.3 Å². The van der Waals surface area contributed by atoms with E-state index in [4.69, 9.17) is 0 Å². The number of hydrogen-bond donors (Lipinski definition) is 1. The van der Waals surface area contributed by atoms with E-state index in [-0.39, 0.29) is 5.91 Å². The molecular weight excluding hydrogens is 242 g/mol. The van der Waals surface area contributed by atoms with Crippen molar-refractivity contribution in [1.82, 2.24) is 5.32 Å². The van der Waals surface area contributed by atoms with E-state index >= 15 is 0 Å². The third-order valence-corrected chi connectivity index (χ3v) is 3.80. The summed E-state index contributed by atoms with van der Waals surface area (Å²) in [5.41, 5.74) is 2.98. The number of benzene rings is 1. The average molecular weight is 259 g/mol. The Morgan fingerprint density at radius 3 is 2.78 bits per heavy atom. The monoisotopic (exact) mass is 259 g/mol. The van der Waals surface area contributed by atoms with Crippen LogP contribution in [0.25, 0.3) is 0 Å². The maximum atomic E-state index is 12.0. The highest BCUT2D eigenvalue weighted by molar-refractivity contribution is 7.09. The van der Waals surface area contributed by atoms with Crippen molar-refractivity contribution in [1.29, 1.82) is 0 Å². The number of aryl methyl sites for hydroxylation is 2. The van der Waals surface area contributed by atoms with E-state index in [9.17, 15) is 4.79 Å². The maximum Gasteiger partial charge on any atom is 0.251 e. The predicted molar refractivity (Wildman–Crippen MR) is 76.3 cm³/mol. The zero-order valence-electron chi connectivity index (χ0n) is 10.7. The SMILES string of the molecule is Cc1ccc(C(=O)NCCc2cccs2)c(C)c1. The summed E-state index contributed by atoms with van der Waals surface area (Å²) in [6.07, 6.45) is 0.897. The van der Waals surface area contributed by atoms with Gasteiger partial charge in [-0.25, -0.2) is 0 Å². The van der Waals surface area contributed by atoms with E-state index in [1.807, 2.05) is 38.1 Å². The molecule has 2 rings (SSSR count). The van der Waals surface area contributed by atoms with Gasteiger partial charge in [0.2, 0.25) is 0 Å². The van der Waals surface area contributed by atoms with Gasteiger partial charge in [-0.05, 0) is 43.3 Å². The molecule has 1 N–H and O–H groups in total. The topological polar surface area (TPSA) is 29.1 Å². The summed E-state index contributed by atoms with van der Waals surface area (Å²) in [7, 11) is 0. The van der Waals surface area contributed by atoms with Crippen LogP contribution in [0.5, 0.6) is 0 Å². The third-order valence-electron chi connectivity index (χ3n) is 2.86. The van der Waals surface area contributed by atoms with Crippen molar-refractivity contribution in [2.75, 3.05) is 6.54 Å². The largest absolute Gasteiger partial charge is 0.352 e. The molecule has 0 aliphatic heterocycles. The number of nitrogens with one attached hydrogen (secondary N) is 1. The van der Waals surface area contributed by atoms with Crippen LogP contribution in [0, 0.1) is 13.8 Å². The Labute approximate surface area is 112 Å². The molecular formula is C15H17NOS. The van der Waals surface area contributed by atoms with Gasteiger partial charge >= 0.3 is 0 Å². The fourth-order valence-electron chi connectivity index (χ4n) is 1.92. The normalized spacial score (nSPS) is 10.3. The summed E-state index contributed by atoms with van der Waals surface area (Å²) in [6.45, 7) is 4.69. The smallest absolute Gasteiger partial charge is 0.251 e. The first-order valence-corrected chi connectivity index (χ1v) is 6.92. The lowest BCUT2D eigenvalue weighted by Gasteiger charge is -2.07. The molecule has 1 amide bonds. The summed E-state index contributed by atoms with van der Waals surface area (Å²) < 4.78 is 0. The molecule has 3 heteroatoms. The van der Waals surface area contributed by atoms with E-state index < -0.39 is 0 Å².